The van der Waals surface area contributed by atoms with Gasteiger partial charge in [0.05, 0.1) is 43.5 Å². The zero-order chi connectivity index (χ0) is 96.1. The van der Waals surface area contributed by atoms with E-state index < -0.39 is 192 Å². The van der Waals surface area contributed by atoms with Crippen molar-refractivity contribution in [3.05, 3.63) is 154 Å². The van der Waals surface area contributed by atoms with E-state index in [0.29, 0.717) is 36.1 Å². The fraction of sp³-hybridized carbons (Fsp3) is 0.538. The van der Waals surface area contributed by atoms with E-state index in [9.17, 15) is 58.5 Å². The van der Waals surface area contributed by atoms with Gasteiger partial charge < -0.3 is 103 Å². The number of esters is 1. The molecule has 132 heavy (non-hydrogen) atoms. The molecule has 4 aromatic rings. The number of fused-ring (bicyclic) bond motifs is 6. The van der Waals surface area contributed by atoms with Crippen LogP contribution in [0.2, 0.25) is 5.02 Å². The minimum Gasteiger partial charge on any atom is -0.508 e. The van der Waals surface area contributed by atoms with Gasteiger partial charge >= 0.3 is 18.1 Å². The van der Waals surface area contributed by atoms with Crippen molar-refractivity contribution < 1.29 is 101 Å². The first-order chi connectivity index (χ1) is 62.9. The van der Waals surface area contributed by atoms with Crippen molar-refractivity contribution in [2.45, 2.75) is 241 Å². The molecule has 720 valence electrons. The average molecular weight is 1930 g/mol. The van der Waals surface area contributed by atoms with Crippen molar-refractivity contribution in [3.63, 3.8) is 0 Å². The number of nitrogens with two attached hydrogens (primary N) is 2. The third kappa shape index (κ3) is 30.6. The Morgan fingerprint density at radius 3 is 2.20 bits per heavy atom. The number of rotatable bonds is 34. The van der Waals surface area contributed by atoms with E-state index >= 15 is 19.2 Å². The number of phenols is 1. The third-order valence-corrected chi connectivity index (χ3v) is 29.3. The SMILES string of the molecule is CCCCCCCNC(=O)NCCCC[C@@H]1NC(=O)[C@@H](CC2=CCc3ccccc32)NC(=O)[C@H](Cc2ccc(O)cc2)CC(=O)[C@@H](NC(=O)[C@H](N)Cc2ccccc2)CSSC[C@@H](C(=O)N[C@@H](CSSCCC(=O)N(C)[C@@H](C)C(=O)O[C@H]2CC(=O)N(C)c3cc(cc(OC)c3Cl)C/C(C)=C/C=C/[C@@H](OC)[C@@]3(O)C[C@H](OC(=O)N3)[C@@H](C)[C@@H]3O[C@@]23C)C(N)=O)NC(=O)[C@H]([C@@H](C)O)NC1=O. The largest absolute Gasteiger partial charge is 0.508 e. The number of benzene rings is 4. The predicted octanol–water partition coefficient (Wildman–Crippen LogP) is 7.02. The maximum atomic E-state index is 15.3. The number of ether oxygens (including phenoxy) is 5. The number of amides is 12. The Bertz CT molecular complexity index is 4810. The topological polar surface area (TPSA) is 499 Å². The van der Waals surface area contributed by atoms with E-state index in [-0.39, 0.29) is 103 Å². The van der Waals surface area contributed by atoms with Crippen LogP contribution in [0.25, 0.3) is 5.57 Å². The lowest BCUT2D eigenvalue weighted by Gasteiger charge is -2.42. The number of phenolic OH excluding ortho intramolecular Hbond substituents is 1. The Balaban J connectivity index is 0.926. The summed E-state index contributed by atoms with van der Waals surface area (Å²) >= 11 is 6.91. The van der Waals surface area contributed by atoms with Crippen LogP contribution in [0.1, 0.15) is 153 Å². The van der Waals surface area contributed by atoms with Gasteiger partial charge in [0, 0.05) is 94.8 Å². The van der Waals surface area contributed by atoms with Crippen molar-refractivity contribution in [3.8, 4) is 11.5 Å². The molecule has 4 aliphatic heterocycles. The normalized spacial score (nSPS) is 25.7. The summed E-state index contributed by atoms with van der Waals surface area (Å²) < 4.78 is 29.8. The number of urea groups is 1. The van der Waals surface area contributed by atoms with Gasteiger partial charge in [0.2, 0.25) is 53.2 Å². The highest BCUT2D eigenvalue weighted by Crippen LogP contribution is 2.50. The molecule has 4 heterocycles. The minimum atomic E-state index is -1.96. The molecule has 3 saturated heterocycles. The number of anilines is 1. The number of aromatic hydroxyl groups is 1. The van der Waals surface area contributed by atoms with Gasteiger partial charge in [-0.1, -0.05) is 191 Å². The van der Waals surface area contributed by atoms with Gasteiger partial charge in [-0.25, -0.2) is 14.4 Å². The molecule has 5 aliphatic rings. The van der Waals surface area contributed by atoms with E-state index in [0.717, 1.165) is 102 Å². The number of carbonyl (C=O) groups excluding carboxylic acids is 13. The van der Waals surface area contributed by atoms with Gasteiger partial charge in [0.1, 0.15) is 76.7 Å². The second kappa shape index (κ2) is 51.0. The molecule has 39 heteroatoms. The van der Waals surface area contributed by atoms with E-state index in [1.165, 1.54) is 59.2 Å². The molecule has 0 unspecified atom stereocenters. The van der Waals surface area contributed by atoms with E-state index in [1.54, 1.807) is 80.6 Å². The number of halogens is 1. The van der Waals surface area contributed by atoms with E-state index in [4.69, 9.17) is 46.8 Å². The molecular weight excluding hydrogens is 1800 g/mol. The number of alkyl carbamates (subject to hydrolysis) is 1. The molecule has 4 bridgehead atoms. The minimum absolute atomic E-state index is 0.0636. The highest BCUT2D eigenvalue weighted by molar-refractivity contribution is 8.77. The number of nitrogens with zero attached hydrogens (tertiary/aromatic N) is 2. The first-order valence-corrected chi connectivity index (χ1v) is 49.8. The van der Waals surface area contributed by atoms with Crippen LogP contribution in [-0.4, -0.2) is 252 Å². The molecule has 0 saturated carbocycles. The van der Waals surface area contributed by atoms with Gasteiger partial charge in [-0.2, -0.15) is 0 Å². The zero-order valence-corrected chi connectivity index (χ0v) is 80.2. The highest BCUT2D eigenvalue weighted by Gasteiger charge is 2.65. The Kier molecular flexibility index (Phi) is 40.9. The van der Waals surface area contributed by atoms with Gasteiger partial charge in [-0.3, -0.25) is 53.3 Å². The number of aliphatic hydroxyl groups excluding tert-OH is 1. The number of ketones is 1. The maximum Gasteiger partial charge on any atom is 0.409 e. The van der Waals surface area contributed by atoms with Crippen LogP contribution in [0.4, 0.5) is 15.3 Å². The maximum absolute atomic E-state index is 15.3. The number of hydrogen-bond acceptors (Lipinski definition) is 26. The van der Waals surface area contributed by atoms with Crippen LogP contribution < -0.4 is 69.0 Å². The van der Waals surface area contributed by atoms with Crippen molar-refractivity contribution in [2.24, 2.45) is 23.3 Å². The molecule has 16 N–H and O–H groups in total. The number of aliphatic hydroxyl groups is 2. The molecule has 0 spiro atoms. The Morgan fingerprint density at radius 1 is 0.818 bits per heavy atom. The summed E-state index contributed by atoms with van der Waals surface area (Å²) in [6.45, 7) is 10.6. The number of allylic oxidation sites excluding steroid dienone is 4. The van der Waals surface area contributed by atoms with Gasteiger partial charge in [0.15, 0.2) is 11.5 Å². The third-order valence-electron chi connectivity index (χ3n) is 24.1. The summed E-state index contributed by atoms with van der Waals surface area (Å²) in [5.74, 6) is -11.6. The lowest BCUT2D eigenvalue weighted by atomic mass is 9.83. The molecule has 17 atom stereocenters. The van der Waals surface area contributed by atoms with Crippen LogP contribution in [0.3, 0.4) is 0 Å². The van der Waals surface area contributed by atoms with Gasteiger partial charge in [-0.05, 0) is 137 Å². The van der Waals surface area contributed by atoms with Crippen LogP contribution >= 0.6 is 54.8 Å². The van der Waals surface area contributed by atoms with Crippen LogP contribution in [0.15, 0.2) is 121 Å². The van der Waals surface area contributed by atoms with Crippen LogP contribution in [0, 0.1) is 11.8 Å². The average Bonchev–Trinajstić information content (AvgIpc) is 1.57. The monoisotopic (exact) mass is 1920 g/mol. The van der Waals surface area contributed by atoms with Crippen molar-refractivity contribution in [1.29, 1.82) is 0 Å². The first-order valence-electron chi connectivity index (χ1n) is 44.5. The smallest absolute Gasteiger partial charge is 0.409 e. The summed E-state index contributed by atoms with van der Waals surface area (Å²) in [4.78, 5) is 190. The number of primary amides is 1. The molecule has 34 nitrogen and oxygen atoms in total. The number of nitrogens with one attached hydrogen (secondary N) is 9. The second-order valence-electron chi connectivity index (χ2n) is 34.2. The molecule has 4 aromatic carbocycles. The fourth-order valence-electron chi connectivity index (χ4n) is 16.0. The van der Waals surface area contributed by atoms with E-state index in [2.05, 4.69) is 54.8 Å². The second-order valence-corrected chi connectivity index (χ2v) is 39.7. The standard InChI is InChI=1S/C93H126ClN13O21S4/c1-11-12-13-14-21-38-97-90(121)98-39-22-20-29-66-85(116)104-80(56(5)108)88(119)103-70(52-132-131-50-68(101-84(115)65(95)43-57-25-16-15-17-26-57)72(110)47-62(42-58-31-35-63(109)36-32-58)83(114)100-67(86(117)99-66)46-61-34-33-60-27-18-19-28-64(60)61)87(118)102-69(82(96)113)51-130-129-40-37-77(111)106(7)55(4)89(120)127-76-48-78(112)107(8)71-44-59(45-73(124-9)79(71)94)41-53(2)24-23-30-75(125-10)93(123)49-74(126-91(122)105-93)54(3)81-92(76,6)128-81/h15-19,23-28,30-32,34-36,44-45,54-56,62,65-70,74-76,80-81,108-109,123H,11-14,20-22,29,33,37-43,46-52,95H2,1-10H3,(H2,96,113)(H,99,117)(H,100,114)(H,101,115)(H,102,118)(H,103,119)(H,104,116)(H,105,122)(H2,97,98,121)/b30-23+,53-24+/t54-,55+,56-,62-,65-,66+,67-,68+,69+,70+,74+,75-,76+,80+,81+,92+,93+/m1/s1. The molecule has 1 aliphatic carbocycles. The molecular formula is C93H126ClN13O21S4. The number of methoxy groups -OCH3 is 2. The summed E-state index contributed by atoms with van der Waals surface area (Å²) in [7, 11) is 9.79. The van der Waals surface area contributed by atoms with E-state index in [1.807, 2.05) is 43.3 Å². The lowest BCUT2D eigenvalue weighted by Crippen LogP contribution is -2.63. The van der Waals surface area contributed by atoms with Crippen molar-refractivity contribution >= 4 is 143 Å². The molecule has 0 aromatic heterocycles. The summed E-state index contributed by atoms with van der Waals surface area (Å²) in [5.41, 5.74) is 14.7. The molecule has 12 amide bonds. The molecule has 0 radical (unpaired) electrons. The van der Waals surface area contributed by atoms with Crippen LogP contribution in [0.5, 0.6) is 11.5 Å². The lowest BCUT2D eigenvalue weighted by molar-refractivity contribution is -0.162. The first kappa shape index (κ1) is 106. The Morgan fingerprint density at radius 2 is 1.50 bits per heavy atom. The zero-order valence-electron chi connectivity index (χ0n) is 76.1. The molecule has 9 rings (SSSR count). The number of carbonyl (C=O) groups is 13. The molecule has 3 fully saturated rings. The number of unbranched alkanes of at least 4 members (excludes halogenated alkanes) is 5. The quantitative estimate of drug-likeness (QED) is 0.00966. The summed E-state index contributed by atoms with van der Waals surface area (Å²) in [6.07, 6.45) is 4.78. The highest BCUT2D eigenvalue weighted by atomic mass is 35.5. The van der Waals surface area contributed by atoms with Crippen molar-refractivity contribution in [2.75, 3.05) is 69.3 Å². The van der Waals surface area contributed by atoms with Crippen LogP contribution in [-0.2, 0) is 97.4 Å². The Hall–Kier alpha value is -9.90. The summed E-state index contributed by atoms with van der Waals surface area (Å²) in [6, 6.07) is 13.7. The van der Waals surface area contributed by atoms with Crippen molar-refractivity contribution in [1.82, 2.24) is 52.8 Å². The fourth-order valence-corrected chi connectivity index (χ4v) is 20.8. The van der Waals surface area contributed by atoms with Gasteiger partial charge in [0.25, 0.3) is 0 Å². The number of hydrogen-bond donors (Lipinski definition) is 14. The summed E-state index contributed by atoms with van der Waals surface area (Å²) in [5, 5.41) is 58.5. The number of likely N-dealkylation sites (N-methyl/N-ethyl adjacent to an activating group) is 1. The number of epoxide rings is 1. The number of Topliss-reactive ketones (excluding diaryl/α,β-unsaturated/α-hetero) is 1. The Labute approximate surface area is 790 Å². The van der Waals surface area contributed by atoms with Gasteiger partial charge in [-0.15, -0.1) is 0 Å². The predicted molar refractivity (Wildman–Crippen MR) is 508 cm³/mol.